The van der Waals surface area contributed by atoms with Crippen LogP contribution >= 0.6 is 11.8 Å². The second-order valence-corrected chi connectivity index (χ2v) is 5.25. The summed E-state index contributed by atoms with van der Waals surface area (Å²) < 4.78 is 25.6. The van der Waals surface area contributed by atoms with Crippen molar-refractivity contribution in [1.29, 1.82) is 0 Å². The predicted molar refractivity (Wildman–Crippen MR) is 68.7 cm³/mol. The van der Waals surface area contributed by atoms with Gasteiger partial charge >= 0.3 is 0 Å². The minimum Gasteiger partial charge on any atom is -0.325 e. The van der Waals surface area contributed by atoms with Crippen LogP contribution in [-0.4, -0.2) is 30.5 Å². The highest BCUT2D eigenvalue weighted by Crippen LogP contribution is 2.15. The molecule has 1 fully saturated rings. The number of carbonyl (C=O) groups excluding carboxylic acids is 1. The van der Waals surface area contributed by atoms with E-state index in [-0.39, 0.29) is 11.6 Å². The summed E-state index contributed by atoms with van der Waals surface area (Å²) in [6, 6.07) is 3.32. The van der Waals surface area contributed by atoms with Crippen LogP contribution in [0.4, 0.5) is 14.5 Å². The maximum absolute atomic E-state index is 12.9. The van der Waals surface area contributed by atoms with Gasteiger partial charge in [0.05, 0.1) is 5.75 Å². The lowest BCUT2D eigenvalue weighted by molar-refractivity contribution is -0.113. The average molecular weight is 272 g/mol. The van der Waals surface area contributed by atoms with Gasteiger partial charge in [-0.1, -0.05) is 0 Å². The first kappa shape index (κ1) is 13.3. The van der Waals surface area contributed by atoms with Crippen molar-refractivity contribution in [3.05, 3.63) is 29.8 Å². The Morgan fingerprint density at radius 2 is 2.17 bits per heavy atom. The van der Waals surface area contributed by atoms with Crippen LogP contribution in [0.2, 0.25) is 0 Å². The molecule has 0 spiro atoms. The van der Waals surface area contributed by atoms with Crippen molar-refractivity contribution in [2.24, 2.45) is 5.92 Å². The molecule has 6 heteroatoms. The lowest BCUT2D eigenvalue weighted by Gasteiger charge is -2.26. The molecule has 0 aliphatic carbocycles. The maximum atomic E-state index is 12.9. The molecule has 98 valence electrons. The van der Waals surface area contributed by atoms with Gasteiger partial charge in [0, 0.05) is 11.8 Å². The molecule has 1 aromatic carbocycles. The molecule has 0 unspecified atom stereocenters. The molecule has 0 radical (unpaired) electrons. The van der Waals surface area contributed by atoms with Crippen LogP contribution in [-0.2, 0) is 4.79 Å². The Bertz CT molecular complexity index is 438. The van der Waals surface area contributed by atoms with Gasteiger partial charge in [0.1, 0.15) is 0 Å². The van der Waals surface area contributed by atoms with Gasteiger partial charge in [0.2, 0.25) is 5.91 Å². The van der Waals surface area contributed by atoms with Crippen molar-refractivity contribution in [2.45, 2.75) is 0 Å². The first-order valence-corrected chi connectivity index (χ1v) is 6.84. The summed E-state index contributed by atoms with van der Waals surface area (Å²) in [7, 11) is 0. The molecule has 0 atom stereocenters. The fraction of sp³-hybridized carbons (Fsp3) is 0.417. The van der Waals surface area contributed by atoms with E-state index in [0.29, 0.717) is 11.7 Å². The Hall–Kier alpha value is -1.14. The third-order valence-corrected chi connectivity index (χ3v) is 3.83. The van der Waals surface area contributed by atoms with E-state index in [0.717, 1.165) is 31.0 Å². The summed E-state index contributed by atoms with van der Waals surface area (Å²) >= 11 is 1.55. The van der Waals surface area contributed by atoms with E-state index >= 15 is 0 Å². The number of thioether (sulfide) groups is 1. The minimum atomic E-state index is -0.957. The Morgan fingerprint density at radius 1 is 1.39 bits per heavy atom. The molecule has 18 heavy (non-hydrogen) atoms. The van der Waals surface area contributed by atoms with Gasteiger partial charge in [-0.3, -0.25) is 4.79 Å². The first-order valence-electron chi connectivity index (χ1n) is 5.68. The molecule has 2 N–H and O–H groups in total. The number of benzene rings is 1. The SMILES string of the molecule is O=C(CSCC1CNC1)Nc1ccc(F)c(F)c1. The highest BCUT2D eigenvalue weighted by molar-refractivity contribution is 7.99. The number of carbonyl (C=O) groups is 1. The molecule has 1 aliphatic rings. The molecule has 1 saturated heterocycles. The lowest BCUT2D eigenvalue weighted by Crippen LogP contribution is -2.43. The molecule has 1 heterocycles. The molecule has 0 aromatic heterocycles. The molecular weight excluding hydrogens is 258 g/mol. The van der Waals surface area contributed by atoms with Crippen molar-refractivity contribution in [1.82, 2.24) is 5.32 Å². The Balaban J connectivity index is 1.73. The van der Waals surface area contributed by atoms with Crippen LogP contribution in [0.15, 0.2) is 18.2 Å². The van der Waals surface area contributed by atoms with Crippen LogP contribution in [0.3, 0.4) is 0 Å². The van der Waals surface area contributed by atoms with Crippen molar-refractivity contribution < 1.29 is 13.6 Å². The van der Waals surface area contributed by atoms with Crippen molar-refractivity contribution >= 4 is 23.4 Å². The van der Waals surface area contributed by atoms with Crippen molar-refractivity contribution in [2.75, 3.05) is 29.9 Å². The van der Waals surface area contributed by atoms with Crippen LogP contribution in [0.5, 0.6) is 0 Å². The predicted octanol–water partition coefficient (Wildman–Crippen LogP) is 1.86. The third kappa shape index (κ3) is 3.68. The average Bonchev–Trinajstić information content (AvgIpc) is 2.27. The normalized spacial score (nSPS) is 15.2. The smallest absolute Gasteiger partial charge is 0.234 e. The van der Waals surface area contributed by atoms with Crippen LogP contribution in [0.1, 0.15) is 0 Å². The van der Waals surface area contributed by atoms with Crippen molar-refractivity contribution in [3.63, 3.8) is 0 Å². The summed E-state index contributed by atoms with van der Waals surface area (Å²) in [6.45, 7) is 2.02. The summed E-state index contributed by atoms with van der Waals surface area (Å²) in [5.41, 5.74) is 0.282. The number of rotatable bonds is 5. The van der Waals surface area contributed by atoms with Gasteiger partial charge < -0.3 is 10.6 Å². The van der Waals surface area contributed by atoms with Crippen LogP contribution in [0.25, 0.3) is 0 Å². The number of halogens is 2. The molecule has 1 aliphatic heterocycles. The summed E-state index contributed by atoms with van der Waals surface area (Å²) in [5.74, 6) is -0.154. The summed E-state index contributed by atoms with van der Waals surface area (Å²) in [4.78, 5) is 11.5. The maximum Gasteiger partial charge on any atom is 0.234 e. The topological polar surface area (TPSA) is 41.1 Å². The van der Waals surface area contributed by atoms with Gasteiger partial charge in [-0.25, -0.2) is 8.78 Å². The third-order valence-electron chi connectivity index (χ3n) is 2.66. The van der Waals surface area contributed by atoms with E-state index < -0.39 is 11.6 Å². The quantitative estimate of drug-likeness (QED) is 0.859. The number of hydrogen-bond acceptors (Lipinski definition) is 3. The second-order valence-electron chi connectivity index (χ2n) is 4.22. The Morgan fingerprint density at radius 3 is 2.78 bits per heavy atom. The largest absolute Gasteiger partial charge is 0.325 e. The minimum absolute atomic E-state index is 0.196. The highest BCUT2D eigenvalue weighted by atomic mass is 32.2. The lowest BCUT2D eigenvalue weighted by atomic mass is 10.1. The highest BCUT2D eigenvalue weighted by Gasteiger charge is 2.16. The van der Waals surface area contributed by atoms with E-state index in [1.54, 1.807) is 11.8 Å². The van der Waals surface area contributed by atoms with Gasteiger partial charge in [-0.2, -0.15) is 11.8 Å². The van der Waals surface area contributed by atoms with E-state index in [1.807, 2.05) is 0 Å². The van der Waals surface area contributed by atoms with E-state index in [4.69, 9.17) is 0 Å². The zero-order valence-corrected chi connectivity index (χ0v) is 10.5. The van der Waals surface area contributed by atoms with Crippen molar-refractivity contribution in [3.8, 4) is 0 Å². The molecule has 0 bridgehead atoms. The fourth-order valence-electron chi connectivity index (χ4n) is 1.56. The second kappa shape index (κ2) is 6.15. The zero-order valence-electron chi connectivity index (χ0n) is 9.71. The Labute approximate surface area is 108 Å². The number of nitrogens with one attached hydrogen (secondary N) is 2. The van der Waals surface area contributed by atoms with Gasteiger partial charge in [-0.15, -0.1) is 0 Å². The fourth-order valence-corrected chi connectivity index (χ4v) is 2.50. The van der Waals surface area contributed by atoms with Gasteiger partial charge in [0.25, 0.3) is 0 Å². The first-order chi connectivity index (χ1) is 8.65. The Kier molecular flexibility index (Phi) is 4.54. The standard InChI is InChI=1S/C12H14F2N2OS/c13-10-2-1-9(3-11(10)14)16-12(17)7-18-6-8-4-15-5-8/h1-3,8,15H,4-7H2,(H,16,17). The number of amides is 1. The number of hydrogen-bond donors (Lipinski definition) is 2. The molecule has 3 nitrogen and oxygen atoms in total. The zero-order chi connectivity index (χ0) is 13.0. The van der Waals surface area contributed by atoms with E-state index in [2.05, 4.69) is 10.6 Å². The summed E-state index contributed by atoms with van der Waals surface area (Å²) in [5, 5.41) is 5.70. The summed E-state index contributed by atoms with van der Waals surface area (Å²) in [6.07, 6.45) is 0. The van der Waals surface area contributed by atoms with Gasteiger partial charge in [-0.05, 0) is 36.9 Å². The number of anilines is 1. The van der Waals surface area contributed by atoms with E-state index in [9.17, 15) is 13.6 Å². The molecular formula is C12H14F2N2OS. The van der Waals surface area contributed by atoms with Gasteiger partial charge in [0.15, 0.2) is 11.6 Å². The molecule has 0 saturated carbocycles. The molecule has 1 aromatic rings. The molecule has 2 rings (SSSR count). The monoisotopic (exact) mass is 272 g/mol. The van der Waals surface area contributed by atoms with Crippen LogP contribution in [0, 0.1) is 17.6 Å². The van der Waals surface area contributed by atoms with E-state index in [1.165, 1.54) is 6.07 Å². The molecule has 1 amide bonds. The van der Waals surface area contributed by atoms with Crippen LogP contribution < -0.4 is 10.6 Å².